The number of halogens is 1. The molecule has 0 radical (unpaired) electrons. The molecular weight excluding hydrogens is 413 g/mol. The molecule has 4 heteroatoms. The van der Waals surface area contributed by atoms with E-state index < -0.39 is 0 Å². The van der Waals surface area contributed by atoms with Crippen LogP contribution < -0.4 is 5.32 Å². The average Bonchev–Trinajstić information content (AvgIpc) is 3.01. The molecule has 0 atom stereocenters. The van der Waals surface area contributed by atoms with Gasteiger partial charge in [-0.2, -0.15) is 0 Å². The van der Waals surface area contributed by atoms with Crippen molar-refractivity contribution in [3.05, 3.63) is 93.5 Å². The van der Waals surface area contributed by atoms with Crippen LogP contribution >= 0.6 is 22.6 Å². The number of hydrogen-bond donors (Lipinski definition) is 1. The Labute approximate surface area is 154 Å². The summed E-state index contributed by atoms with van der Waals surface area (Å²) in [5.41, 5.74) is 3.11. The molecular formula is C20H16INO2. The molecule has 3 rings (SSSR count). The summed E-state index contributed by atoms with van der Waals surface area (Å²) in [7, 11) is 0. The molecule has 0 aliphatic carbocycles. The van der Waals surface area contributed by atoms with Crippen molar-refractivity contribution in [2.75, 3.05) is 5.32 Å². The van der Waals surface area contributed by atoms with Gasteiger partial charge < -0.3 is 9.73 Å². The molecule has 1 amide bonds. The number of benzene rings is 2. The van der Waals surface area contributed by atoms with Crippen molar-refractivity contribution >= 4 is 40.3 Å². The fraction of sp³-hybridized carbons (Fsp3) is 0.0500. The van der Waals surface area contributed by atoms with Crippen LogP contribution in [0.25, 0.3) is 6.08 Å². The largest absolute Gasteiger partial charge is 0.451 e. The fourth-order valence-electron chi connectivity index (χ4n) is 2.36. The topological polar surface area (TPSA) is 42.2 Å². The maximum Gasteiger partial charge on any atom is 0.248 e. The van der Waals surface area contributed by atoms with Crippen molar-refractivity contribution in [2.45, 2.75) is 6.42 Å². The first-order valence-electron chi connectivity index (χ1n) is 7.57. The standard InChI is InChI=1S/C20H16INO2/c21-19-12-10-17(24-19)11-13-20(23)22-18-9-5-4-8-16(18)14-15-6-2-1-3-7-15/h1-13H,14H2,(H,22,23)/b13-11+. The zero-order chi connectivity index (χ0) is 16.8. The number of furan rings is 1. The van der Waals surface area contributed by atoms with Crippen molar-refractivity contribution < 1.29 is 9.21 Å². The maximum atomic E-state index is 12.2. The Kier molecular flexibility index (Phi) is 5.48. The average molecular weight is 429 g/mol. The van der Waals surface area contributed by atoms with E-state index in [-0.39, 0.29) is 5.91 Å². The van der Waals surface area contributed by atoms with Crippen molar-refractivity contribution in [1.82, 2.24) is 0 Å². The minimum absolute atomic E-state index is 0.179. The van der Waals surface area contributed by atoms with Crippen molar-refractivity contribution in [3.8, 4) is 0 Å². The molecule has 0 bridgehead atoms. The van der Waals surface area contributed by atoms with Crippen LogP contribution in [0.4, 0.5) is 5.69 Å². The minimum Gasteiger partial charge on any atom is -0.451 e. The van der Waals surface area contributed by atoms with Crippen LogP contribution in [0.15, 0.2) is 77.2 Å². The van der Waals surface area contributed by atoms with Gasteiger partial charge in [0, 0.05) is 11.8 Å². The Hall–Kier alpha value is -2.34. The third-order valence-corrected chi connectivity index (χ3v) is 4.09. The van der Waals surface area contributed by atoms with E-state index >= 15 is 0 Å². The molecule has 120 valence electrons. The molecule has 3 nitrogen and oxygen atoms in total. The van der Waals surface area contributed by atoms with E-state index in [1.165, 1.54) is 11.6 Å². The van der Waals surface area contributed by atoms with Crippen LogP contribution in [-0.4, -0.2) is 5.91 Å². The predicted molar refractivity (Wildman–Crippen MR) is 105 cm³/mol. The van der Waals surface area contributed by atoms with Crippen molar-refractivity contribution in [2.24, 2.45) is 0 Å². The van der Waals surface area contributed by atoms with Gasteiger partial charge in [-0.1, -0.05) is 48.5 Å². The van der Waals surface area contributed by atoms with E-state index in [0.717, 1.165) is 21.4 Å². The van der Waals surface area contributed by atoms with Gasteiger partial charge in [0.15, 0.2) is 3.77 Å². The second-order valence-electron chi connectivity index (χ2n) is 5.28. The highest BCUT2D eigenvalue weighted by Crippen LogP contribution is 2.19. The zero-order valence-electron chi connectivity index (χ0n) is 12.9. The van der Waals surface area contributed by atoms with Crippen molar-refractivity contribution in [1.29, 1.82) is 0 Å². The van der Waals surface area contributed by atoms with Crippen LogP contribution in [0.1, 0.15) is 16.9 Å². The zero-order valence-corrected chi connectivity index (χ0v) is 15.1. The van der Waals surface area contributed by atoms with Crippen LogP contribution in [0.2, 0.25) is 0 Å². The van der Waals surface area contributed by atoms with E-state index in [1.807, 2.05) is 54.6 Å². The summed E-state index contributed by atoms with van der Waals surface area (Å²) in [6, 6.07) is 21.7. The molecule has 0 saturated heterocycles. The number of amides is 1. The predicted octanol–water partition coefficient (Wildman–Crippen LogP) is 5.13. The van der Waals surface area contributed by atoms with Crippen LogP contribution in [-0.2, 0) is 11.2 Å². The van der Waals surface area contributed by atoms with Crippen LogP contribution in [0, 0.1) is 3.77 Å². The first kappa shape index (κ1) is 16.5. The maximum absolute atomic E-state index is 12.2. The number of nitrogens with one attached hydrogen (secondary N) is 1. The number of carbonyl (C=O) groups excluding carboxylic acids is 1. The first-order chi connectivity index (χ1) is 11.7. The first-order valence-corrected chi connectivity index (χ1v) is 8.65. The number of hydrogen-bond acceptors (Lipinski definition) is 2. The summed E-state index contributed by atoms with van der Waals surface area (Å²) < 4.78 is 6.20. The van der Waals surface area contributed by atoms with Gasteiger partial charge >= 0.3 is 0 Å². The number of para-hydroxylation sites is 1. The molecule has 1 aromatic heterocycles. The summed E-state index contributed by atoms with van der Waals surface area (Å²) in [5, 5.41) is 2.94. The Morgan fingerprint density at radius 3 is 2.50 bits per heavy atom. The second kappa shape index (κ2) is 7.97. The van der Waals surface area contributed by atoms with E-state index in [0.29, 0.717) is 5.76 Å². The molecule has 1 heterocycles. The highest BCUT2D eigenvalue weighted by atomic mass is 127. The molecule has 0 aliphatic rings. The highest BCUT2D eigenvalue weighted by molar-refractivity contribution is 14.1. The van der Waals surface area contributed by atoms with Gasteiger partial charge in [0.2, 0.25) is 5.91 Å². The Bertz CT molecular complexity index is 853. The lowest BCUT2D eigenvalue weighted by molar-refractivity contribution is -0.111. The molecule has 0 spiro atoms. The number of anilines is 1. The van der Waals surface area contributed by atoms with E-state index in [1.54, 1.807) is 6.08 Å². The van der Waals surface area contributed by atoms with Gasteiger partial charge in [-0.25, -0.2) is 0 Å². The summed E-state index contributed by atoms with van der Waals surface area (Å²) in [5.74, 6) is 0.481. The second-order valence-corrected chi connectivity index (χ2v) is 6.35. The van der Waals surface area contributed by atoms with E-state index in [4.69, 9.17) is 4.42 Å². The summed E-state index contributed by atoms with van der Waals surface area (Å²) in [4.78, 5) is 12.2. The molecule has 3 aromatic rings. The van der Waals surface area contributed by atoms with Gasteiger partial charge in [0.1, 0.15) is 5.76 Å². The third kappa shape index (κ3) is 4.58. The normalized spacial score (nSPS) is 10.9. The summed E-state index contributed by atoms with van der Waals surface area (Å²) in [6.07, 6.45) is 3.92. The molecule has 0 saturated carbocycles. The van der Waals surface area contributed by atoms with Gasteiger partial charge in [-0.05, 0) is 64.4 Å². The van der Waals surface area contributed by atoms with Crippen LogP contribution in [0.5, 0.6) is 0 Å². The molecule has 0 unspecified atom stereocenters. The smallest absolute Gasteiger partial charge is 0.248 e. The molecule has 0 fully saturated rings. The Morgan fingerprint density at radius 2 is 1.75 bits per heavy atom. The van der Waals surface area contributed by atoms with Crippen molar-refractivity contribution in [3.63, 3.8) is 0 Å². The Balaban J connectivity index is 1.70. The monoisotopic (exact) mass is 429 g/mol. The molecule has 2 aromatic carbocycles. The third-order valence-electron chi connectivity index (χ3n) is 3.51. The lowest BCUT2D eigenvalue weighted by atomic mass is 10.0. The van der Waals surface area contributed by atoms with Gasteiger partial charge in [0.05, 0.1) is 0 Å². The highest BCUT2D eigenvalue weighted by Gasteiger charge is 2.05. The minimum atomic E-state index is -0.179. The molecule has 0 aliphatic heterocycles. The molecule has 1 N–H and O–H groups in total. The lowest BCUT2D eigenvalue weighted by Gasteiger charge is -2.10. The number of carbonyl (C=O) groups is 1. The van der Waals surface area contributed by atoms with E-state index in [9.17, 15) is 4.79 Å². The van der Waals surface area contributed by atoms with Gasteiger partial charge in [0.25, 0.3) is 0 Å². The Morgan fingerprint density at radius 1 is 1.00 bits per heavy atom. The lowest BCUT2D eigenvalue weighted by Crippen LogP contribution is -2.09. The quantitative estimate of drug-likeness (QED) is 0.452. The van der Waals surface area contributed by atoms with E-state index in [2.05, 4.69) is 40.0 Å². The van der Waals surface area contributed by atoms with Gasteiger partial charge in [-0.15, -0.1) is 0 Å². The SMILES string of the molecule is O=C(/C=C/c1ccc(I)o1)Nc1ccccc1Cc1ccccc1. The summed E-state index contributed by atoms with van der Waals surface area (Å²) in [6.45, 7) is 0. The summed E-state index contributed by atoms with van der Waals surface area (Å²) >= 11 is 2.09. The number of rotatable bonds is 5. The molecule has 24 heavy (non-hydrogen) atoms. The van der Waals surface area contributed by atoms with Gasteiger partial charge in [-0.3, -0.25) is 4.79 Å². The fourth-order valence-corrected chi connectivity index (χ4v) is 2.80. The van der Waals surface area contributed by atoms with Crippen LogP contribution in [0.3, 0.4) is 0 Å².